The molecule has 0 saturated carbocycles. The second-order valence-corrected chi connectivity index (χ2v) is 8.63. The summed E-state index contributed by atoms with van der Waals surface area (Å²) in [4.78, 5) is 12.0. The van der Waals surface area contributed by atoms with Crippen molar-refractivity contribution in [2.24, 2.45) is 0 Å². The van der Waals surface area contributed by atoms with Gasteiger partial charge in [-0.25, -0.2) is 35.2 Å². The van der Waals surface area contributed by atoms with E-state index in [-0.39, 0.29) is 36.2 Å². The topological polar surface area (TPSA) is 72.9 Å². The first kappa shape index (κ1) is 23.4. The highest BCUT2D eigenvalue weighted by Gasteiger charge is 2.29. The van der Waals surface area contributed by atoms with E-state index in [9.17, 15) is 35.2 Å². The van der Waals surface area contributed by atoms with Crippen molar-refractivity contribution in [2.45, 2.75) is 11.5 Å². The Bertz CT molecular complexity index is 1110. The minimum absolute atomic E-state index is 0.0883. The maximum Gasteiger partial charge on any atom is 0.340 e. The van der Waals surface area contributed by atoms with Crippen LogP contribution in [0.2, 0.25) is 5.02 Å². The molecule has 0 aliphatic carbocycles. The minimum atomic E-state index is -4.01. The van der Waals surface area contributed by atoms with Crippen molar-refractivity contribution in [2.75, 3.05) is 26.3 Å². The number of hydrogen-bond donors (Lipinski definition) is 0. The third-order valence-electron chi connectivity index (χ3n) is 4.41. The first-order valence-corrected chi connectivity index (χ1v) is 10.4. The van der Waals surface area contributed by atoms with Crippen molar-refractivity contribution in [3.05, 3.63) is 63.4 Å². The molecule has 31 heavy (non-hydrogen) atoms. The lowest BCUT2D eigenvalue weighted by Crippen LogP contribution is -2.40. The first-order valence-electron chi connectivity index (χ1n) is 8.60. The summed E-state index contributed by atoms with van der Waals surface area (Å²) in [6.07, 6.45) is 0. The van der Waals surface area contributed by atoms with Crippen LogP contribution in [0.1, 0.15) is 15.9 Å². The van der Waals surface area contributed by atoms with Crippen molar-refractivity contribution in [1.29, 1.82) is 0 Å². The van der Waals surface area contributed by atoms with Crippen molar-refractivity contribution in [3.63, 3.8) is 0 Å². The fraction of sp³-hybridized carbons (Fsp3) is 0.278. The number of rotatable bonds is 5. The van der Waals surface area contributed by atoms with Crippen molar-refractivity contribution < 1.29 is 44.6 Å². The summed E-state index contributed by atoms with van der Waals surface area (Å²) in [5.41, 5.74) is -1.84. The van der Waals surface area contributed by atoms with E-state index < -0.39 is 62.8 Å². The minimum Gasteiger partial charge on any atom is -0.457 e. The van der Waals surface area contributed by atoms with Gasteiger partial charge in [0, 0.05) is 13.1 Å². The standard InChI is InChI=1S/C18H13ClF5NO5S/c19-12-2-1-9(31(27,28)25-3-5-29-6-4-25)7-10(12)18(26)30-8-11-13(20)15(22)17(24)16(23)14(11)21/h1-2,7H,3-6,8H2. The van der Waals surface area contributed by atoms with Gasteiger partial charge in [0.2, 0.25) is 15.8 Å². The Morgan fingerprint density at radius 2 is 1.55 bits per heavy atom. The van der Waals surface area contributed by atoms with Crippen molar-refractivity contribution >= 4 is 27.6 Å². The highest BCUT2D eigenvalue weighted by atomic mass is 35.5. The number of ether oxygens (including phenoxy) is 2. The second-order valence-electron chi connectivity index (χ2n) is 6.28. The molecule has 1 aliphatic heterocycles. The molecule has 0 spiro atoms. The van der Waals surface area contributed by atoms with Gasteiger partial charge in [-0.1, -0.05) is 11.6 Å². The first-order chi connectivity index (χ1) is 14.6. The molecule has 1 heterocycles. The van der Waals surface area contributed by atoms with E-state index in [1.165, 1.54) is 0 Å². The maximum absolute atomic E-state index is 13.7. The fourth-order valence-corrected chi connectivity index (χ4v) is 4.38. The maximum atomic E-state index is 13.7. The molecule has 0 radical (unpaired) electrons. The number of esters is 1. The molecule has 1 aliphatic rings. The van der Waals surface area contributed by atoms with Gasteiger partial charge in [0.15, 0.2) is 23.3 Å². The van der Waals surface area contributed by atoms with Gasteiger partial charge in [0.05, 0.1) is 34.3 Å². The van der Waals surface area contributed by atoms with E-state index in [4.69, 9.17) is 16.3 Å². The highest BCUT2D eigenvalue weighted by Crippen LogP contribution is 2.26. The lowest BCUT2D eigenvalue weighted by atomic mass is 10.1. The normalized spacial score (nSPS) is 15.2. The average Bonchev–Trinajstić information content (AvgIpc) is 2.77. The molecule has 3 rings (SSSR count). The van der Waals surface area contributed by atoms with Gasteiger partial charge in [-0.3, -0.25) is 0 Å². The smallest absolute Gasteiger partial charge is 0.340 e. The molecule has 0 N–H and O–H groups in total. The largest absolute Gasteiger partial charge is 0.457 e. The molecule has 1 saturated heterocycles. The summed E-state index contributed by atoms with van der Waals surface area (Å²) >= 11 is 5.90. The monoisotopic (exact) mass is 485 g/mol. The van der Waals surface area contributed by atoms with Gasteiger partial charge in [0.25, 0.3) is 0 Å². The predicted octanol–water partition coefficient (Wildman–Crippen LogP) is 3.41. The molecule has 0 aromatic heterocycles. The van der Waals surface area contributed by atoms with E-state index in [2.05, 4.69) is 4.74 Å². The van der Waals surface area contributed by atoms with Crippen LogP contribution in [0.15, 0.2) is 23.1 Å². The summed E-state index contributed by atoms with van der Waals surface area (Å²) in [6.45, 7) is -0.759. The number of nitrogens with zero attached hydrogens (tertiary/aromatic N) is 1. The number of sulfonamides is 1. The van der Waals surface area contributed by atoms with Crippen molar-refractivity contribution in [1.82, 2.24) is 4.31 Å². The Hall–Kier alpha value is -2.28. The molecule has 2 aromatic rings. The average molecular weight is 486 g/mol. The number of halogens is 6. The summed E-state index contributed by atoms with van der Waals surface area (Å²) in [5.74, 6) is -12.4. The Morgan fingerprint density at radius 3 is 2.13 bits per heavy atom. The second kappa shape index (κ2) is 9.07. The van der Waals surface area contributed by atoms with Crippen LogP contribution in [-0.4, -0.2) is 45.0 Å². The number of morpholine rings is 1. The van der Waals surface area contributed by atoms with E-state index in [1.807, 2.05) is 0 Å². The van der Waals surface area contributed by atoms with Gasteiger partial charge < -0.3 is 9.47 Å². The quantitative estimate of drug-likeness (QED) is 0.281. The number of carbonyl (C=O) groups excluding carboxylic acids is 1. The number of benzene rings is 2. The lowest BCUT2D eigenvalue weighted by molar-refractivity contribution is 0.0462. The molecule has 1 fully saturated rings. The molecule has 2 aromatic carbocycles. The van der Waals surface area contributed by atoms with Crippen LogP contribution in [0.5, 0.6) is 0 Å². The Kier molecular flexibility index (Phi) is 6.84. The van der Waals surface area contributed by atoms with Crippen molar-refractivity contribution in [3.8, 4) is 0 Å². The number of hydrogen-bond acceptors (Lipinski definition) is 5. The van der Waals surface area contributed by atoms with E-state index >= 15 is 0 Å². The van der Waals surface area contributed by atoms with Crippen LogP contribution >= 0.6 is 11.6 Å². The zero-order valence-corrected chi connectivity index (χ0v) is 17.0. The van der Waals surface area contributed by atoms with Crippen LogP contribution in [0.25, 0.3) is 0 Å². The highest BCUT2D eigenvalue weighted by molar-refractivity contribution is 7.89. The van der Waals surface area contributed by atoms with E-state index in [0.717, 1.165) is 22.5 Å². The summed E-state index contributed by atoms with van der Waals surface area (Å²) in [5, 5.41) is -0.247. The molecule has 13 heteroatoms. The number of carbonyl (C=O) groups is 1. The third-order valence-corrected chi connectivity index (χ3v) is 6.64. The summed E-state index contributed by atoms with van der Waals surface area (Å²) in [6, 6.07) is 3.14. The van der Waals surface area contributed by atoms with Gasteiger partial charge in [-0.15, -0.1) is 0 Å². The fourth-order valence-electron chi connectivity index (χ4n) is 2.75. The molecule has 0 atom stereocenters. The predicted molar refractivity (Wildman–Crippen MR) is 96.4 cm³/mol. The molecular formula is C18H13ClF5NO5S. The molecule has 0 unspecified atom stereocenters. The van der Waals surface area contributed by atoms with Crippen LogP contribution < -0.4 is 0 Å². The SMILES string of the molecule is O=C(OCc1c(F)c(F)c(F)c(F)c1F)c1cc(S(=O)(=O)N2CCOCC2)ccc1Cl. The molecule has 0 bridgehead atoms. The molecule has 168 valence electrons. The third kappa shape index (κ3) is 4.52. The van der Waals surface area contributed by atoms with Crippen LogP contribution in [-0.2, 0) is 26.1 Å². The van der Waals surface area contributed by atoms with E-state index in [0.29, 0.717) is 0 Å². The molecule has 0 amide bonds. The van der Waals surface area contributed by atoms with Gasteiger partial charge in [-0.2, -0.15) is 4.31 Å². The Morgan fingerprint density at radius 1 is 1.00 bits per heavy atom. The van der Waals surface area contributed by atoms with E-state index in [1.54, 1.807) is 0 Å². The Balaban J connectivity index is 1.86. The van der Waals surface area contributed by atoms with Gasteiger partial charge in [-0.05, 0) is 18.2 Å². The lowest BCUT2D eigenvalue weighted by Gasteiger charge is -2.26. The van der Waals surface area contributed by atoms with Crippen LogP contribution in [0, 0.1) is 29.1 Å². The van der Waals surface area contributed by atoms with Gasteiger partial charge in [0.1, 0.15) is 6.61 Å². The van der Waals surface area contributed by atoms with Gasteiger partial charge >= 0.3 is 5.97 Å². The Labute approximate surface area is 178 Å². The molecular weight excluding hydrogens is 473 g/mol. The molecule has 6 nitrogen and oxygen atoms in total. The van der Waals surface area contributed by atoms with Crippen LogP contribution in [0.3, 0.4) is 0 Å². The zero-order valence-electron chi connectivity index (χ0n) is 15.4. The zero-order chi connectivity index (χ0) is 22.9. The summed E-state index contributed by atoms with van der Waals surface area (Å²) in [7, 11) is -4.01. The summed E-state index contributed by atoms with van der Waals surface area (Å²) < 4.78 is 103. The van der Waals surface area contributed by atoms with Crippen LogP contribution in [0.4, 0.5) is 22.0 Å².